The lowest BCUT2D eigenvalue weighted by molar-refractivity contribution is -0.116. The summed E-state index contributed by atoms with van der Waals surface area (Å²) in [5.41, 5.74) is 5.58. The van der Waals surface area contributed by atoms with Crippen molar-refractivity contribution in [2.45, 2.75) is 32.6 Å². The summed E-state index contributed by atoms with van der Waals surface area (Å²) >= 11 is 0. The fourth-order valence-electron chi connectivity index (χ4n) is 2.15. The van der Waals surface area contributed by atoms with E-state index in [1.165, 1.54) is 12.1 Å². The Morgan fingerprint density at radius 3 is 2.62 bits per heavy atom. The SMILES string of the molecule is CCC(CCN)CCC(=O)Nc1ccc(O)cc1C(=O)O. The van der Waals surface area contributed by atoms with Gasteiger partial charge in [0.05, 0.1) is 11.3 Å². The summed E-state index contributed by atoms with van der Waals surface area (Å²) in [6.45, 7) is 2.65. The molecule has 0 spiro atoms. The van der Waals surface area contributed by atoms with Gasteiger partial charge in [-0.1, -0.05) is 13.3 Å². The maximum Gasteiger partial charge on any atom is 0.337 e. The zero-order valence-electron chi connectivity index (χ0n) is 12.1. The quantitative estimate of drug-likeness (QED) is 0.549. The molecule has 6 nitrogen and oxygen atoms in total. The van der Waals surface area contributed by atoms with Crippen LogP contribution in [0.15, 0.2) is 18.2 Å². The Hall–Kier alpha value is -2.08. The number of nitrogens with one attached hydrogen (secondary N) is 1. The number of amides is 1. The molecule has 116 valence electrons. The average Bonchev–Trinajstić information content (AvgIpc) is 2.45. The molecule has 0 saturated heterocycles. The van der Waals surface area contributed by atoms with Crippen LogP contribution in [-0.2, 0) is 4.79 Å². The van der Waals surface area contributed by atoms with Crippen molar-refractivity contribution in [3.05, 3.63) is 23.8 Å². The summed E-state index contributed by atoms with van der Waals surface area (Å²) in [4.78, 5) is 23.0. The number of carboxylic acids is 1. The Kier molecular flexibility index (Phi) is 6.68. The van der Waals surface area contributed by atoms with Crippen molar-refractivity contribution in [3.63, 3.8) is 0 Å². The highest BCUT2D eigenvalue weighted by molar-refractivity contribution is 6.00. The molecule has 0 heterocycles. The monoisotopic (exact) mass is 294 g/mol. The third kappa shape index (κ3) is 5.43. The number of aromatic hydroxyl groups is 1. The van der Waals surface area contributed by atoms with E-state index in [0.717, 1.165) is 25.3 Å². The number of carboxylic acid groups (broad SMARTS) is 1. The number of hydrogen-bond acceptors (Lipinski definition) is 4. The van der Waals surface area contributed by atoms with Crippen molar-refractivity contribution in [2.75, 3.05) is 11.9 Å². The molecular weight excluding hydrogens is 272 g/mol. The molecule has 6 heteroatoms. The van der Waals surface area contributed by atoms with Crippen LogP contribution in [0.2, 0.25) is 0 Å². The van der Waals surface area contributed by atoms with Crippen LogP contribution in [0.4, 0.5) is 5.69 Å². The molecule has 21 heavy (non-hydrogen) atoms. The number of nitrogens with two attached hydrogens (primary N) is 1. The van der Waals surface area contributed by atoms with Crippen LogP contribution >= 0.6 is 0 Å². The Bertz CT molecular complexity index is 502. The zero-order chi connectivity index (χ0) is 15.8. The molecule has 1 rings (SSSR count). The summed E-state index contributed by atoms with van der Waals surface area (Å²) in [5, 5.41) is 20.9. The third-order valence-corrected chi connectivity index (χ3v) is 3.44. The van der Waals surface area contributed by atoms with Gasteiger partial charge in [0.2, 0.25) is 5.91 Å². The summed E-state index contributed by atoms with van der Waals surface area (Å²) in [6, 6.07) is 3.83. The van der Waals surface area contributed by atoms with Crippen LogP contribution in [0.25, 0.3) is 0 Å². The van der Waals surface area contributed by atoms with Gasteiger partial charge < -0.3 is 21.3 Å². The molecule has 0 fully saturated rings. The van der Waals surface area contributed by atoms with Crippen molar-refractivity contribution in [1.82, 2.24) is 0 Å². The van der Waals surface area contributed by atoms with Crippen LogP contribution in [0.3, 0.4) is 0 Å². The van der Waals surface area contributed by atoms with E-state index in [9.17, 15) is 14.7 Å². The lowest BCUT2D eigenvalue weighted by Gasteiger charge is -2.14. The highest BCUT2D eigenvalue weighted by Gasteiger charge is 2.14. The van der Waals surface area contributed by atoms with Crippen molar-refractivity contribution in [1.29, 1.82) is 0 Å². The molecule has 1 aromatic rings. The lowest BCUT2D eigenvalue weighted by Crippen LogP contribution is -2.16. The Morgan fingerprint density at radius 2 is 2.05 bits per heavy atom. The molecule has 5 N–H and O–H groups in total. The normalized spacial score (nSPS) is 11.9. The number of phenolic OH excluding ortho intramolecular Hbond substituents is 1. The molecule has 0 aliphatic rings. The van der Waals surface area contributed by atoms with Gasteiger partial charge in [-0.3, -0.25) is 4.79 Å². The molecule has 1 atom stereocenters. The number of aromatic carboxylic acids is 1. The Morgan fingerprint density at radius 1 is 1.33 bits per heavy atom. The number of carbonyl (C=O) groups excluding carboxylic acids is 1. The van der Waals surface area contributed by atoms with Gasteiger partial charge in [-0.2, -0.15) is 0 Å². The first kappa shape index (κ1) is 17.0. The van der Waals surface area contributed by atoms with Gasteiger partial charge in [0.15, 0.2) is 0 Å². The molecular formula is C15H22N2O4. The minimum atomic E-state index is -1.20. The average molecular weight is 294 g/mol. The second kappa shape index (κ2) is 8.26. The fraction of sp³-hybridized carbons (Fsp3) is 0.467. The molecule has 1 amide bonds. The van der Waals surface area contributed by atoms with Crippen molar-refractivity contribution >= 4 is 17.6 Å². The topological polar surface area (TPSA) is 113 Å². The van der Waals surface area contributed by atoms with Crippen LogP contribution in [0.1, 0.15) is 43.0 Å². The van der Waals surface area contributed by atoms with E-state index in [1.54, 1.807) is 0 Å². The van der Waals surface area contributed by atoms with E-state index in [2.05, 4.69) is 12.2 Å². The van der Waals surface area contributed by atoms with E-state index >= 15 is 0 Å². The maximum atomic E-state index is 11.9. The number of hydrogen-bond donors (Lipinski definition) is 4. The van der Waals surface area contributed by atoms with E-state index in [0.29, 0.717) is 18.9 Å². The number of anilines is 1. The van der Waals surface area contributed by atoms with Gasteiger partial charge in [-0.15, -0.1) is 0 Å². The highest BCUT2D eigenvalue weighted by atomic mass is 16.4. The first-order valence-electron chi connectivity index (χ1n) is 7.04. The number of carbonyl (C=O) groups is 2. The second-order valence-corrected chi connectivity index (χ2v) is 4.97. The molecule has 0 radical (unpaired) electrons. The van der Waals surface area contributed by atoms with E-state index in [-0.39, 0.29) is 22.9 Å². The van der Waals surface area contributed by atoms with Crippen molar-refractivity contribution in [2.24, 2.45) is 11.7 Å². The van der Waals surface area contributed by atoms with Crippen LogP contribution in [-0.4, -0.2) is 28.6 Å². The van der Waals surface area contributed by atoms with Gasteiger partial charge in [0.1, 0.15) is 5.75 Å². The molecule has 0 bridgehead atoms. The third-order valence-electron chi connectivity index (χ3n) is 3.44. The van der Waals surface area contributed by atoms with Gasteiger partial charge in [0.25, 0.3) is 0 Å². The maximum absolute atomic E-state index is 11.9. The van der Waals surface area contributed by atoms with Gasteiger partial charge in [-0.05, 0) is 43.5 Å². The standard InChI is InChI=1S/C15H22N2O4/c1-2-10(7-8-16)3-6-14(19)17-13-5-4-11(18)9-12(13)15(20)21/h4-5,9-10,18H,2-3,6-8,16H2,1H3,(H,17,19)(H,20,21). The largest absolute Gasteiger partial charge is 0.508 e. The highest BCUT2D eigenvalue weighted by Crippen LogP contribution is 2.22. The van der Waals surface area contributed by atoms with Gasteiger partial charge in [0, 0.05) is 6.42 Å². The summed E-state index contributed by atoms with van der Waals surface area (Å²) in [6.07, 6.45) is 2.88. The van der Waals surface area contributed by atoms with E-state index in [4.69, 9.17) is 10.8 Å². The first-order chi connectivity index (χ1) is 9.97. The van der Waals surface area contributed by atoms with Crippen LogP contribution in [0.5, 0.6) is 5.75 Å². The molecule has 1 unspecified atom stereocenters. The predicted molar refractivity (Wildman–Crippen MR) is 80.4 cm³/mol. The molecule has 0 aromatic heterocycles. The number of rotatable bonds is 8. The number of benzene rings is 1. The molecule has 1 aromatic carbocycles. The van der Waals surface area contributed by atoms with E-state index < -0.39 is 5.97 Å². The van der Waals surface area contributed by atoms with Gasteiger partial charge >= 0.3 is 5.97 Å². The molecule has 0 aliphatic carbocycles. The minimum Gasteiger partial charge on any atom is -0.508 e. The summed E-state index contributed by atoms with van der Waals surface area (Å²) in [7, 11) is 0. The summed E-state index contributed by atoms with van der Waals surface area (Å²) in [5.74, 6) is -1.19. The second-order valence-electron chi connectivity index (χ2n) is 4.97. The smallest absolute Gasteiger partial charge is 0.337 e. The minimum absolute atomic E-state index is 0.127. The Balaban J connectivity index is 2.65. The van der Waals surface area contributed by atoms with Crippen LogP contribution < -0.4 is 11.1 Å². The first-order valence-corrected chi connectivity index (χ1v) is 7.04. The molecule has 0 saturated carbocycles. The Labute approximate surface area is 124 Å². The van der Waals surface area contributed by atoms with Crippen molar-refractivity contribution < 1.29 is 19.8 Å². The van der Waals surface area contributed by atoms with Crippen LogP contribution in [0, 0.1) is 5.92 Å². The predicted octanol–water partition coefficient (Wildman–Crippen LogP) is 2.18. The lowest BCUT2D eigenvalue weighted by atomic mass is 9.96. The summed E-state index contributed by atoms with van der Waals surface area (Å²) < 4.78 is 0. The van der Waals surface area contributed by atoms with Gasteiger partial charge in [-0.25, -0.2) is 4.79 Å². The zero-order valence-corrected chi connectivity index (χ0v) is 12.1. The number of phenols is 1. The fourth-order valence-corrected chi connectivity index (χ4v) is 2.15. The van der Waals surface area contributed by atoms with E-state index in [1.807, 2.05) is 0 Å². The molecule has 0 aliphatic heterocycles. The van der Waals surface area contributed by atoms with Crippen molar-refractivity contribution in [3.8, 4) is 5.75 Å².